The maximum Gasteiger partial charge on any atom is 0.166 e. The summed E-state index contributed by atoms with van der Waals surface area (Å²) in [4.78, 5) is 11.8. The van der Waals surface area contributed by atoms with Crippen LogP contribution in [0.1, 0.15) is 19.4 Å². The summed E-state index contributed by atoms with van der Waals surface area (Å²) in [6.45, 7) is 3.80. The molecule has 0 amide bonds. The molecule has 0 spiro atoms. The molecule has 1 rings (SSSR count). The van der Waals surface area contributed by atoms with E-state index in [-0.39, 0.29) is 5.78 Å². The molecule has 0 aliphatic heterocycles. The molecule has 1 heteroatoms. The van der Waals surface area contributed by atoms with E-state index in [0.717, 1.165) is 11.1 Å². The van der Waals surface area contributed by atoms with E-state index >= 15 is 0 Å². The molecule has 15 heavy (non-hydrogen) atoms. The highest BCUT2D eigenvalue weighted by Gasteiger charge is 2.05. The first-order valence-electron chi connectivity index (χ1n) is 5.14. The second-order valence-electron chi connectivity index (χ2n) is 3.33. The lowest BCUT2D eigenvalue weighted by Crippen LogP contribution is -2.04. The van der Waals surface area contributed by atoms with Gasteiger partial charge in [0.2, 0.25) is 0 Å². The van der Waals surface area contributed by atoms with Crippen LogP contribution in [0.4, 0.5) is 0 Å². The Morgan fingerprint density at radius 1 is 1.20 bits per heavy atom. The van der Waals surface area contributed by atoms with Gasteiger partial charge < -0.3 is 0 Å². The lowest BCUT2D eigenvalue weighted by molar-refractivity contribution is -0.114. The van der Waals surface area contributed by atoms with Gasteiger partial charge in [-0.2, -0.15) is 0 Å². The Hall–Kier alpha value is -1.63. The molecule has 0 aliphatic rings. The summed E-state index contributed by atoms with van der Waals surface area (Å²) in [7, 11) is 0. The van der Waals surface area contributed by atoms with Crippen molar-refractivity contribution in [3.63, 3.8) is 0 Å². The number of benzene rings is 1. The van der Waals surface area contributed by atoms with Crippen molar-refractivity contribution in [1.29, 1.82) is 0 Å². The summed E-state index contributed by atoms with van der Waals surface area (Å²) in [6, 6.07) is 9.80. The van der Waals surface area contributed by atoms with Gasteiger partial charge in [0.15, 0.2) is 5.78 Å². The molecule has 0 saturated heterocycles. The maximum atomic E-state index is 11.8. The topological polar surface area (TPSA) is 17.1 Å². The molecule has 1 nitrogen and oxygen atoms in total. The quantitative estimate of drug-likeness (QED) is 0.538. The maximum absolute atomic E-state index is 11.8. The van der Waals surface area contributed by atoms with Gasteiger partial charge in [0.05, 0.1) is 0 Å². The zero-order valence-electron chi connectivity index (χ0n) is 9.23. The molecule has 0 bridgehead atoms. The number of ketones is 1. The summed E-state index contributed by atoms with van der Waals surface area (Å²) in [5.74, 6) is 0.168. The van der Waals surface area contributed by atoms with Crippen LogP contribution >= 0.6 is 0 Å². The third-order valence-corrected chi connectivity index (χ3v) is 2.19. The summed E-state index contributed by atoms with van der Waals surface area (Å²) >= 11 is 0. The first kappa shape index (κ1) is 11.4. The molecular formula is C14H16O. The van der Waals surface area contributed by atoms with Crippen LogP contribution in [-0.2, 0) is 11.2 Å². The van der Waals surface area contributed by atoms with Gasteiger partial charge in [-0.05, 0) is 19.4 Å². The van der Waals surface area contributed by atoms with Gasteiger partial charge in [-0.1, -0.05) is 48.6 Å². The lowest BCUT2D eigenvalue weighted by atomic mass is 10.0. The largest absolute Gasteiger partial charge is 0.294 e. The molecular weight excluding hydrogens is 184 g/mol. The molecule has 0 aliphatic carbocycles. The van der Waals surface area contributed by atoms with E-state index in [2.05, 4.69) is 0 Å². The molecule has 0 aromatic heterocycles. The molecule has 0 fully saturated rings. The fourth-order valence-electron chi connectivity index (χ4n) is 1.41. The Morgan fingerprint density at radius 3 is 2.40 bits per heavy atom. The highest BCUT2D eigenvalue weighted by atomic mass is 16.1. The van der Waals surface area contributed by atoms with Crippen molar-refractivity contribution in [3.05, 3.63) is 59.7 Å². The molecule has 1 aromatic rings. The Kier molecular flexibility index (Phi) is 4.55. The average molecular weight is 200 g/mol. The van der Waals surface area contributed by atoms with Crippen molar-refractivity contribution in [2.75, 3.05) is 0 Å². The first-order chi connectivity index (χ1) is 7.27. The zero-order valence-corrected chi connectivity index (χ0v) is 9.23. The van der Waals surface area contributed by atoms with Gasteiger partial charge in [-0.25, -0.2) is 0 Å². The van der Waals surface area contributed by atoms with Gasteiger partial charge in [0.1, 0.15) is 0 Å². The van der Waals surface area contributed by atoms with Gasteiger partial charge >= 0.3 is 0 Å². The average Bonchev–Trinajstić information content (AvgIpc) is 2.27. The molecule has 0 atom stereocenters. The highest BCUT2D eigenvalue weighted by Crippen LogP contribution is 2.06. The SMILES string of the molecule is C/C=C\C(=C/C)C(=O)Cc1ccccc1. The zero-order chi connectivity index (χ0) is 11.1. The predicted octanol–water partition coefficient (Wildman–Crippen LogP) is 3.32. The van der Waals surface area contributed by atoms with E-state index < -0.39 is 0 Å². The van der Waals surface area contributed by atoms with Gasteiger partial charge in [-0.3, -0.25) is 4.79 Å². The van der Waals surface area contributed by atoms with Crippen LogP contribution in [0.25, 0.3) is 0 Å². The van der Waals surface area contributed by atoms with Crippen molar-refractivity contribution >= 4 is 5.78 Å². The molecule has 0 unspecified atom stereocenters. The second-order valence-corrected chi connectivity index (χ2v) is 3.33. The summed E-state index contributed by atoms with van der Waals surface area (Å²) in [5, 5.41) is 0. The van der Waals surface area contributed by atoms with Crippen molar-refractivity contribution in [1.82, 2.24) is 0 Å². The van der Waals surface area contributed by atoms with E-state index in [1.165, 1.54) is 0 Å². The van der Waals surface area contributed by atoms with Crippen molar-refractivity contribution in [2.45, 2.75) is 20.3 Å². The predicted molar refractivity (Wildman–Crippen MR) is 63.7 cm³/mol. The number of carbonyl (C=O) groups is 1. The van der Waals surface area contributed by atoms with Gasteiger partial charge in [0.25, 0.3) is 0 Å². The molecule has 0 saturated carbocycles. The van der Waals surface area contributed by atoms with Crippen molar-refractivity contribution < 1.29 is 4.79 Å². The Balaban J connectivity index is 2.71. The van der Waals surface area contributed by atoms with E-state index in [0.29, 0.717) is 6.42 Å². The third kappa shape index (κ3) is 3.55. The number of carbonyl (C=O) groups excluding carboxylic acids is 1. The fraction of sp³-hybridized carbons (Fsp3) is 0.214. The molecule has 0 heterocycles. The lowest BCUT2D eigenvalue weighted by Gasteiger charge is -2.01. The van der Waals surface area contributed by atoms with Crippen LogP contribution in [-0.4, -0.2) is 5.78 Å². The van der Waals surface area contributed by atoms with Crippen LogP contribution in [0.2, 0.25) is 0 Å². The minimum absolute atomic E-state index is 0.168. The highest BCUT2D eigenvalue weighted by molar-refractivity contribution is 5.99. The second kappa shape index (κ2) is 5.97. The standard InChI is InChI=1S/C14H16O/c1-3-8-13(4-2)14(15)11-12-9-6-5-7-10-12/h3-10H,11H2,1-2H3/b8-3-,13-4+. The smallest absolute Gasteiger partial charge is 0.166 e. The number of Topliss-reactive ketones (excluding diaryl/α,β-unsaturated/α-hetero) is 1. The molecule has 0 N–H and O–H groups in total. The van der Waals surface area contributed by atoms with E-state index in [1.54, 1.807) is 0 Å². The molecule has 78 valence electrons. The fourth-order valence-corrected chi connectivity index (χ4v) is 1.41. The van der Waals surface area contributed by atoms with E-state index in [1.807, 2.05) is 62.4 Å². The van der Waals surface area contributed by atoms with Gasteiger partial charge in [-0.15, -0.1) is 0 Å². The van der Waals surface area contributed by atoms with Crippen LogP contribution in [0, 0.1) is 0 Å². The minimum atomic E-state index is 0.168. The number of hydrogen-bond acceptors (Lipinski definition) is 1. The summed E-state index contributed by atoms with van der Waals surface area (Å²) in [6.07, 6.45) is 6.07. The Bertz CT molecular complexity index is 372. The third-order valence-electron chi connectivity index (χ3n) is 2.19. The van der Waals surface area contributed by atoms with Crippen LogP contribution < -0.4 is 0 Å². The molecule has 0 radical (unpaired) electrons. The normalized spacial score (nSPS) is 12.0. The molecule has 1 aromatic carbocycles. The monoisotopic (exact) mass is 200 g/mol. The van der Waals surface area contributed by atoms with Gasteiger partial charge in [0, 0.05) is 12.0 Å². The first-order valence-corrected chi connectivity index (χ1v) is 5.14. The summed E-state index contributed by atoms with van der Waals surface area (Å²) < 4.78 is 0. The van der Waals surface area contributed by atoms with Crippen LogP contribution in [0.3, 0.4) is 0 Å². The number of rotatable bonds is 4. The number of hydrogen-bond donors (Lipinski definition) is 0. The minimum Gasteiger partial charge on any atom is -0.294 e. The van der Waals surface area contributed by atoms with E-state index in [9.17, 15) is 4.79 Å². The van der Waals surface area contributed by atoms with Crippen molar-refractivity contribution in [3.8, 4) is 0 Å². The number of allylic oxidation sites excluding steroid dienone is 4. The van der Waals surface area contributed by atoms with E-state index in [4.69, 9.17) is 0 Å². The van der Waals surface area contributed by atoms with Crippen molar-refractivity contribution in [2.24, 2.45) is 0 Å². The van der Waals surface area contributed by atoms with Crippen LogP contribution in [0.5, 0.6) is 0 Å². The van der Waals surface area contributed by atoms with Crippen LogP contribution in [0.15, 0.2) is 54.1 Å². The summed E-state index contributed by atoms with van der Waals surface area (Å²) in [5.41, 5.74) is 1.84. The Labute approximate surface area is 91.1 Å². The Morgan fingerprint density at radius 2 is 1.87 bits per heavy atom.